The van der Waals surface area contributed by atoms with Crippen LogP contribution in [-0.2, 0) is 16.1 Å². The van der Waals surface area contributed by atoms with Gasteiger partial charge in [0.05, 0.1) is 6.61 Å². The maximum absolute atomic E-state index is 14.3. The van der Waals surface area contributed by atoms with Crippen molar-refractivity contribution in [3.05, 3.63) is 70.5 Å². The van der Waals surface area contributed by atoms with E-state index in [1.807, 2.05) is 12.1 Å². The van der Waals surface area contributed by atoms with Gasteiger partial charge in [0.25, 0.3) is 0 Å². The molecule has 0 saturated heterocycles. The molecule has 140 valence electrons. The number of hydrogen-bond donors (Lipinski definition) is 0. The Labute approximate surface area is 158 Å². The third-order valence-corrected chi connectivity index (χ3v) is 3.94. The molecule has 0 atom stereocenters. The Kier molecular flexibility index (Phi) is 7.13. The lowest BCUT2D eigenvalue weighted by molar-refractivity contribution is -0.137. The summed E-state index contributed by atoms with van der Waals surface area (Å²) < 4.78 is 24.7. The first-order valence-corrected chi connectivity index (χ1v) is 8.74. The first-order valence-electron chi connectivity index (χ1n) is 8.74. The third-order valence-electron chi connectivity index (χ3n) is 3.94. The average molecular weight is 367 g/mol. The highest BCUT2D eigenvalue weighted by atomic mass is 19.1. The molecule has 2 rings (SSSR count). The fourth-order valence-corrected chi connectivity index (χ4v) is 2.38. The van der Waals surface area contributed by atoms with Crippen molar-refractivity contribution in [2.24, 2.45) is 0 Å². The number of nitriles is 1. The van der Waals surface area contributed by atoms with Crippen molar-refractivity contribution in [1.82, 2.24) is 0 Å². The van der Waals surface area contributed by atoms with Crippen LogP contribution in [0.4, 0.5) is 4.39 Å². The van der Waals surface area contributed by atoms with Gasteiger partial charge in [0.1, 0.15) is 29.8 Å². The average Bonchev–Trinajstić information content (AvgIpc) is 2.66. The molecular formula is C22H22FNO3. The fourth-order valence-electron chi connectivity index (χ4n) is 2.38. The Hall–Kier alpha value is -3.13. The zero-order valence-electron chi connectivity index (χ0n) is 15.7. The lowest BCUT2D eigenvalue weighted by Crippen LogP contribution is -2.06. The molecule has 2 aromatic carbocycles. The maximum Gasteiger partial charge on any atom is 0.348 e. The summed E-state index contributed by atoms with van der Waals surface area (Å²) in [5, 5.41) is 9.03. The molecule has 0 aliphatic carbocycles. The highest BCUT2D eigenvalue weighted by Crippen LogP contribution is 2.21. The van der Waals surface area contributed by atoms with Gasteiger partial charge in [-0.15, -0.1) is 0 Å². The minimum Gasteiger partial charge on any atom is -0.489 e. The summed E-state index contributed by atoms with van der Waals surface area (Å²) in [6.07, 6.45) is 1.17. The Bertz CT molecular complexity index is 864. The summed E-state index contributed by atoms with van der Waals surface area (Å²) in [5.41, 5.74) is 2.09. The molecule has 4 nitrogen and oxygen atoms in total. The first-order chi connectivity index (χ1) is 12.9. The molecule has 2 aromatic rings. The number of esters is 1. The Morgan fingerprint density at radius 3 is 2.48 bits per heavy atom. The monoisotopic (exact) mass is 367 g/mol. The maximum atomic E-state index is 14.3. The number of ether oxygens (including phenoxy) is 2. The van der Waals surface area contributed by atoms with Crippen molar-refractivity contribution in [3.8, 4) is 11.8 Å². The number of hydrogen-bond acceptors (Lipinski definition) is 4. The van der Waals surface area contributed by atoms with Gasteiger partial charge in [0.2, 0.25) is 0 Å². The zero-order chi connectivity index (χ0) is 19.8. The number of carbonyl (C=O) groups is 1. The van der Waals surface area contributed by atoms with Gasteiger partial charge in [-0.3, -0.25) is 0 Å². The topological polar surface area (TPSA) is 59.3 Å². The summed E-state index contributed by atoms with van der Waals surface area (Å²) in [6, 6.07) is 14.1. The van der Waals surface area contributed by atoms with Crippen molar-refractivity contribution in [1.29, 1.82) is 5.26 Å². The molecule has 0 bridgehead atoms. The van der Waals surface area contributed by atoms with Crippen molar-refractivity contribution >= 4 is 12.0 Å². The van der Waals surface area contributed by atoms with Crippen LogP contribution in [0.25, 0.3) is 6.08 Å². The molecule has 0 aromatic heterocycles. The van der Waals surface area contributed by atoms with E-state index >= 15 is 0 Å². The lowest BCUT2D eigenvalue weighted by Gasteiger charge is -2.09. The van der Waals surface area contributed by atoms with E-state index in [9.17, 15) is 9.18 Å². The second-order valence-corrected chi connectivity index (χ2v) is 6.26. The predicted octanol–water partition coefficient (Wildman–Crippen LogP) is 5.00. The number of carbonyl (C=O) groups excluding carboxylic acids is 1. The van der Waals surface area contributed by atoms with Crippen molar-refractivity contribution in [2.75, 3.05) is 6.61 Å². The fraction of sp³-hybridized carbons (Fsp3) is 0.273. The molecule has 0 saturated carbocycles. The molecule has 0 amide bonds. The molecule has 0 fully saturated rings. The van der Waals surface area contributed by atoms with Crippen LogP contribution in [0.5, 0.6) is 5.75 Å². The van der Waals surface area contributed by atoms with Crippen LogP contribution in [0.1, 0.15) is 43.4 Å². The lowest BCUT2D eigenvalue weighted by atomic mass is 10.0. The summed E-state index contributed by atoms with van der Waals surface area (Å²) in [5.74, 6) is -0.529. The number of halogens is 1. The standard InChI is InChI=1S/C22H22FNO3/c1-4-26-22(25)19(13-24)11-18-9-10-20(12-21(18)23)27-14-16-5-7-17(8-6-16)15(2)3/h5-12,15H,4,14H2,1-3H3/b19-11-. The van der Waals surface area contributed by atoms with E-state index in [1.165, 1.54) is 23.8 Å². The summed E-state index contributed by atoms with van der Waals surface area (Å²) in [7, 11) is 0. The van der Waals surface area contributed by atoms with Crippen LogP contribution in [-0.4, -0.2) is 12.6 Å². The molecule has 0 aliphatic heterocycles. The van der Waals surface area contributed by atoms with Gasteiger partial charge in [-0.05, 0) is 42.2 Å². The zero-order valence-corrected chi connectivity index (χ0v) is 15.7. The van der Waals surface area contributed by atoms with E-state index in [-0.39, 0.29) is 17.7 Å². The van der Waals surface area contributed by atoms with Crippen LogP contribution < -0.4 is 4.74 Å². The summed E-state index contributed by atoms with van der Waals surface area (Å²) in [6.45, 7) is 6.36. The molecule has 0 unspecified atom stereocenters. The normalized spacial score (nSPS) is 11.2. The van der Waals surface area contributed by atoms with Crippen LogP contribution >= 0.6 is 0 Å². The van der Waals surface area contributed by atoms with E-state index in [0.29, 0.717) is 18.3 Å². The minimum atomic E-state index is -0.774. The summed E-state index contributed by atoms with van der Waals surface area (Å²) >= 11 is 0. The van der Waals surface area contributed by atoms with Crippen LogP contribution in [0.3, 0.4) is 0 Å². The summed E-state index contributed by atoms with van der Waals surface area (Å²) in [4.78, 5) is 11.6. The Morgan fingerprint density at radius 2 is 1.93 bits per heavy atom. The molecule has 27 heavy (non-hydrogen) atoms. The van der Waals surface area contributed by atoms with Crippen molar-refractivity contribution < 1.29 is 18.7 Å². The second kappa shape index (κ2) is 9.54. The van der Waals surface area contributed by atoms with Crippen LogP contribution in [0.15, 0.2) is 48.0 Å². The SMILES string of the molecule is CCOC(=O)/C(C#N)=C\c1ccc(OCc2ccc(C(C)C)cc2)cc1F. The number of rotatable bonds is 7. The van der Waals surface area contributed by atoms with Gasteiger partial charge in [0.15, 0.2) is 0 Å². The Morgan fingerprint density at radius 1 is 1.22 bits per heavy atom. The predicted molar refractivity (Wildman–Crippen MR) is 101 cm³/mol. The minimum absolute atomic E-state index is 0.119. The molecular weight excluding hydrogens is 345 g/mol. The second-order valence-electron chi connectivity index (χ2n) is 6.26. The van der Waals surface area contributed by atoms with E-state index < -0.39 is 11.8 Å². The van der Waals surface area contributed by atoms with E-state index in [0.717, 1.165) is 5.56 Å². The van der Waals surface area contributed by atoms with Crippen molar-refractivity contribution in [2.45, 2.75) is 33.3 Å². The molecule has 0 spiro atoms. The largest absolute Gasteiger partial charge is 0.489 e. The van der Waals surface area contributed by atoms with E-state index in [2.05, 4.69) is 26.0 Å². The van der Waals surface area contributed by atoms with Gasteiger partial charge >= 0.3 is 5.97 Å². The molecule has 0 aliphatic rings. The number of nitrogens with zero attached hydrogens (tertiary/aromatic N) is 1. The van der Waals surface area contributed by atoms with Crippen LogP contribution in [0.2, 0.25) is 0 Å². The molecule has 5 heteroatoms. The smallest absolute Gasteiger partial charge is 0.348 e. The molecule has 0 heterocycles. The van der Waals surface area contributed by atoms with Gasteiger partial charge in [-0.2, -0.15) is 5.26 Å². The van der Waals surface area contributed by atoms with Gasteiger partial charge in [0, 0.05) is 11.6 Å². The van der Waals surface area contributed by atoms with Crippen LogP contribution in [0, 0.1) is 17.1 Å². The van der Waals surface area contributed by atoms with E-state index in [4.69, 9.17) is 14.7 Å². The van der Waals surface area contributed by atoms with Crippen molar-refractivity contribution in [3.63, 3.8) is 0 Å². The number of benzene rings is 2. The third kappa shape index (κ3) is 5.68. The quantitative estimate of drug-likeness (QED) is 0.393. The van der Waals surface area contributed by atoms with Gasteiger partial charge in [-0.1, -0.05) is 38.1 Å². The van der Waals surface area contributed by atoms with Gasteiger partial charge < -0.3 is 9.47 Å². The molecule has 0 radical (unpaired) electrons. The van der Waals surface area contributed by atoms with Gasteiger partial charge in [-0.25, -0.2) is 9.18 Å². The Balaban J connectivity index is 2.07. The molecule has 0 N–H and O–H groups in total. The van der Waals surface area contributed by atoms with E-state index in [1.54, 1.807) is 19.1 Å². The first kappa shape index (κ1) is 20.2. The highest BCUT2D eigenvalue weighted by molar-refractivity contribution is 5.97. The highest BCUT2D eigenvalue weighted by Gasteiger charge is 2.12.